The molecule has 0 saturated carbocycles. The van der Waals surface area contributed by atoms with Gasteiger partial charge in [0.25, 0.3) is 0 Å². The Labute approximate surface area is 87.6 Å². The minimum atomic E-state index is 0.00370. The van der Waals surface area contributed by atoms with E-state index in [4.69, 9.17) is 5.11 Å². The van der Waals surface area contributed by atoms with Gasteiger partial charge in [-0.3, -0.25) is 0 Å². The number of aliphatic hydroxyl groups excluding tert-OH is 1. The molecular formula is C9H7BrO2S. The molecule has 1 aromatic heterocycles. The van der Waals surface area contributed by atoms with Gasteiger partial charge in [-0.05, 0) is 21.5 Å². The molecule has 0 fully saturated rings. The topological polar surface area (TPSA) is 40.5 Å². The molecule has 2 N–H and O–H groups in total. The summed E-state index contributed by atoms with van der Waals surface area (Å²) in [6.45, 7) is 0.00370. The quantitative estimate of drug-likeness (QED) is 0.826. The Morgan fingerprint density at radius 1 is 1.38 bits per heavy atom. The summed E-state index contributed by atoms with van der Waals surface area (Å²) in [5.74, 6) is 0. The fraction of sp³-hybridized carbons (Fsp3) is 0.111. The number of aliphatic hydroxyl groups is 1. The highest BCUT2D eigenvalue weighted by Gasteiger charge is 2.10. The molecule has 0 radical (unpaired) electrons. The third-order valence-corrected chi connectivity index (χ3v) is 4.04. The number of fused-ring (bicyclic) bond motifs is 1. The first-order chi connectivity index (χ1) is 6.24. The van der Waals surface area contributed by atoms with Crippen molar-refractivity contribution in [1.82, 2.24) is 0 Å². The number of aromatic hydroxyl groups is 1. The van der Waals surface area contributed by atoms with Gasteiger partial charge < -0.3 is 10.2 Å². The Bertz CT molecular complexity index is 450. The molecule has 0 spiro atoms. The van der Waals surface area contributed by atoms with Crippen molar-refractivity contribution < 1.29 is 10.2 Å². The zero-order chi connectivity index (χ0) is 9.42. The van der Waals surface area contributed by atoms with Crippen molar-refractivity contribution >= 4 is 37.4 Å². The van der Waals surface area contributed by atoms with Crippen LogP contribution in [0.3, 0.4) is 0 Å². The average Bonchev–Trinajstić information content (AvgIpc) is 2.43. The van der Waals surface area contributed by atoms with Crippen LogP contribution in [0.5, 0.6) is 5.06 Å². The van der Waals surface area contributed by atoms with Gasteiger partial charge in [-0.15, -0.1) is 0 Å². The molecule has 68 valence electrons. The van der Waals surface area contributed by atoms with Crippen LogP contribution in [-0.2, 0) is 6.61 Å². The van der Waals surface area contributed by atoms with Gasteiger partial charge in [0.05, 0.1) is 11.1 Å². The van der Waals surface area contributed by atoms with Gasteiger partial charge in [0.2, 0.25) is 0 Å². The molecule has 0 saturated heterocycles. The normalized spacial score (nSPS) is 10.9. The fourth-order valence-corrected chi connectivity index (χ4v) is 2.90. The summed E-state index contributed by atoms with van der Waals surface area (Å²) >= 11 is 4.57. The minimum Gasteiger partial charge on any atom is -0.499 e. The molecule has 2 rings (SSSR count). The van der Waals surface area contributed by atoms with E-state index in [9.17, 15) is 5.11 Å². The SMILES string of the molecule is OCc1cccc2c(Br)c(O)sc12. The molecule has 0 unspecified atom stereocenters. The van der Waals surface area contributed by atoms with Crippen LogP contribution in [0.1, 0.15) is 5.56 Å². The molecule has 0 aliphatic carbocycles. The van der Waals surface area contributed by atoms with Crippen molar-refractivity contribution in [2.75, 3.05) is 0 Å². The molecule has 1 aromatic carbocycles. The standard InChI is InChI=1S/C9H7BrO2S/c10-7-6-3-1-2-5(4-11)8(6)13-9(7)12/h1-3,11-12H,4H2. The molecule has 2 nitrogen and oxygen atoms in total. The van der Waals surface area contributed by atoms with Crippen molar-refractivity contribution in [2.45, 2.75) is 6.61 Å². The Balaban J connectivity index is 2.84. The van der Waals surface area contributed by atoms with E-state index >= 15 is 0 Å². The number of halogens is 1. The summed E-state index contributed by atoms with van der Waals surface area (Å²) in [4.78, 5) is 0. The van der Waals surface area contributed by atoms with Gasteiger partial charge in [-0.1, -0.05) is 29.5 Å². The van der Waals surface area contributed by atoms with E-state index in [1.165, 1.54) is 11.3 Å². The maximum Gasteiger partial charge on any atom is 0.186 e. The lowest BCUT2D eigenvalue weighted by molar-refractivity contribution is 0.283. The maximum absolute atomic E-state index is 9.45. The van der Waals surface area contributed by atoms with Crippen molar-refractivity contribution in [1.29, 1.82) is 0 Å². The Morgan fingerprint density at radius 2 is 2.15 bits per heavy atom. The highest BCUT2D eigenvalue weighted by molar-refractivity contribution is 9.10. The zero-order valence-electron chi connectivity index (χ0n) is 6.62. The number of hydrogen-bond donors (Lipinski definition) is 2. The number of benzene rings is 1. The molecule has 0 amide bonds. The molecule has 0 bridgehead atoms. The molecule has 0 aliphatic heterocycles. The van der Waals surface area contributed by atoms with E-state index in [0.717, 1.165) is 15.6 Å². The van der Waals surface area contributed by atoms with Crippen LogP contribution in [0.15, 0.2) is 22.7 Å². The second-order valence-corrected chi connectivity index (χ2v) is 4.47. The van der Waals surface area contributed by atoms with E-state index in [1.54, 1.807) is 0 Å². The van der Waals surface area contributed by atoms with Gasteiger partial charge in [0, 0.05) is 10.1 Å². The van der Waals surface area contributed by atoms with Gasteiger partial charge in [-0.25, -0.2) is 0 Å². The van der Waals surface area contributed by atoms with Gasteiger partial charge in [0.1, 0.15) is 0 Å². The van der Waals surface area contributed by atoms with E-state index in [0.29, 0.717) is 4.47 Å². The number of hydrogen-bond acceptors (Lipinski definition) is 3. The number of rotatable bonds is 1. The van der Waals surface area contributed by atoms with Crippen LogP contribution in [0.25, 0.3) is 10.1 Å². The predicted octanol–water partition coefficient (Wildman–Crippen LogP) is 2.86. The monoisotopic (exact) mass is 258 g/mol. The van der Waals surface area contributed by atoms with Crippen LogP contribution in [0.2, 0.25) is 0 Å². The lowest BCUT2D eigenvalue weighted by Crippen LogP contribution is -1.80. The van der Waals surface area contributed by atoms with E-state index in [1.807, 2.05) is 18.2 Å². The van der Waals surface area contributed by atoms with E-state index in [2.05, 4.69) is 15.9 Å². The maximum atomic E-state index is 9.45. The third kappa shape index (κ3) is 1.35. The van der Waals surface area contributed by atoms with Gasteiger partial charge in [-0.2, -0.15) is 0 Å². The summed E-state index contributed by atoms with van der Waals surface area (Å²) in [6.07, 6.45) is 0. The van der Waals surface area contributed by atoms with Gasteiger partial charge >= 0.3 is 0 Å². The molecule has 1 heterocycles. The van der Waals surface area contributed by atoms with Crippen molar-refractivity contribution in [3.63, 3.8) is 0 Å². The highest BCUT2D eigenvalue weighted by Crippen LogP contribution is 2.41. The second-order valence-electron chi connectivity index (χ2n) is 2.67. The Morgan fingerprint density at radius 3 is 2.85 bits per heavy atom. The van der Waals surface area contributed by atoms with E-state index in [-0.39, 0.29) is 11.7 Å². The lowest BCUT2D eigenvalue weighted by atomic mass is 10.2. The summed E-state index contributed by atoms with van der Waals surface area (Å²) in [5.41, 5.74) is 0.850. The van der Waals surface area contributed by atoms with Gasteiger partial charge in [0.15, 0.2) is 5.06 Å². The fourth-order valence-electron chi connectivity index (χ4n) is 1.26. The minimum absolute atomic E-state index is 0.00370. The molecular weight excluding hydrogens is 252 g/mol. The summed E-state index contributed by atoms with van der Waals surface area (Å²) in [5, 5.41) is 19.7. The highest BCUT2D eigenvalue weighted by atomic mass is 79.9. The molecule has 2 aromatic rings. The zero-order valence-corrected chi connectivity index (χ0v) is 9.02. The first kappa shape index (κ1) is 8.99. The van der Waals surface area contributed by atoms with Crippen LogP contribution in [0.4, 0.5) is 0 Å². The van der Waals surface area contributed by atoms with Crippen molar-refractivity contribution in [3.8, 4) is 5.06 Å². The van der Waals surface area contributed by atoms with Crippen molar-refractivity contribution in [3.05, 3.63) is 28.2 Å². The Kier molecular flexibility index (Phi) is 2.27. The molecule has 4 heteroatoms. The number of thiophene rings is 1. The summed E-state index contributed by atoms with van der Waals surface area (Å²) < 4.78 is 1.65. The largest absolute Gasteiger partial charge is 0.499 e. The predicted molar refractivity (Wildman–Crippen MR) is 57.1 cm³/mol. The summed E-state index contributed by atoms with van der Waals surface area (Å²) in [7, 11) is 0. The smallest absolute Gasteiger partial charge is 0.186 e. The van der Waals surface area contributed by atoms with Crippen molar-refractivity contribution in [2.24, 2.45) is 0 Å². The third-order valence-electron chi connectivity index (χ3n) is 1.89. The molecule has 0 atom stereocenters. The van der Waals surface area contributed by atoms with Crippen LogP contribution in [0, 0.1) is 0 Å². The first-order valence-electron chi connectivity index (χ1n) is 3.73. The first-order valence-corrected chi connectivity index (χ1v) is 5.34. The van der Waals surface area contributed by atoms with Crippen LogP contribution >= 0.6 is 27.3 Å². The van der Waals surface area contributed by atoms with Crippen LogP contribution < -0.4 is 0 Å². The summed E-state index contributed by atoms with van der Waals surface area (Å²) in [6, 6.07) is 5.63. The second kappa shape index (κ2) is 3.29. The average molecular weight is 259 g/mol. The molecule has 0 aliphatic rings. The van der Waals surface area contributed by atoms with Crippen LogP contribution in [-0.4, -0.2) is 10.2 Å². The Hall–Kier alpha value is -0.580. The lowest BCUT2D eigenvalue weighted by Gasteiger charge is -1.96. The molecule has 13 heavy (non-hydrogen) atoms. The van der Waals surface area contributed by atoms with E-state index < -0.39 is 0 Å².